The Morgan fingerprint density at radius 3 is 1.59 bits per heavy atom. The van der Waals surface area contributed by atoms with E-state index in [4.69, 9.17) is 4.43 Å². The molecule has 0 heterocycles. The molecule has 0 aromatic heterocycles. The second-order valence-electron chi connectivity index (χ2n) is 7.35. The molecule has 0 bridgehead atoms. The lowest BCUT2D eigenvalue weighted by Gasteiger charge is -2.29. The third kappa shape index (κ3) is 6.79. The summed E-state index contributed by atoms with van der Waals surface area (Å²) in [5, 5.41) is 2.56. The van der Waals surface area contributed by atoms with E-state index >= 15 is 0 Å². The fourth-order valence-electron chi connectivity index (χ4n) is 3.65. The molecule has 0 saturated heterocycles. The van der Waals surface area contributed by atoms with Crippen LogP contribution in [0.15, 0.2) is 72.9 Å². The Labute approximate surface area is 167 Å². The lowest BCUT2D eigenvalue weighted by molar-refractivity contribution is 0.308. The maximum atomic E-state index is 6.63. The van der Waals surface area contributed by atoms with Crippen LogP contribution in [0.3, 0.4) is 0 Å². The first-order valence-corrected chi connectivity index (χ1v) is 12.7. The van der Waals surface area contributed by atoms with Gasteiger partial charge in [0.05, 0.1) is 0 Å². The zero-order chi connectivity index (χ0) is 19.2. The molecule has 1 nitrogen and oxygen atoms in total. The molecule has 0 aliphatic carbocycles. The van der Waals surface area contributed by atoms with Crippen molar-refractivity contribution in [1.29, 1.82) is 0 Å². The van der Waals surface area contributed by atoms with E-state index in [0.717, 1.165) is 13.0 Å². The summed E-state index contributed by atoms with van der Waals surface area (Å²) in [6.45, 7) is 7.28. The van der Waals surface area contributed by atoms with E-state index in [1.165, 1.54) is 61.7 Å². The quantitative estimate of drug-likeness (QED) is 0.288. The predicted octanol–water partition coefficient (Wildman–Crippen LogP) is 6.02. The Balaban J connectivity index is 1.86. The maximum Gasteiger partial charge on any atom is 0.280 e. The molecule has 2 rings (SSSR count). The van der Waals surface area contributed by atoms with Crippen molar-refractivity contribution < 1.29 is 4.43 Å². The van der Waals surface area contributed by atoms with E-state index in [1.54, 1.807) is 0 Å². The van der Waals surface area contributed by atoms with Gasteiger partial charge in [0.25, 0.3) is 8.32 Å². The van der Waals surface area contributed by atoms with Gasteiger partial charge >= 0.3 is 0 Å². The number of hydrogen-bond donors (Lipinski definition) is 0. The minimum absolute atomic E-state index is 0.817. The molecular formula is C25H36OSi. The van der Waals surface area contributed by atoms with Gasteiger partial charge in [0.15, 0.2) is 0 Å². The van der Waals surface area contributed by atoms with Gasteiger partial charge in [-0.3, -0.25) is 0 Å². The molecule has 0 N–H and O–H groups in total. The van der Waals surface area contributed by atoms with Crippen molar-refractivity contribution in [3.05, 3.63) is 72.9 Å². The fraction of sp³-hybridized carbons (Fsp3) is 0.440. The standard InChI is InChI=1S/C25H36OSi/c1-3-5-6-7-8-9-10-11-18-23-26-27(4-2,24-19-14-12-15-20-24)25-21-16-13-17-22-25/h4,12-17,19-22H,2-3,5-11,18,23H2,1H3. The summed E-state index contributed by atoms with van der Waals surface area (Å²) < 4.78 is 6.63. The summed E-state index contributed by atoms with van der Waals surface area (Å²) in [6, 6.07) is 21.3. The fourth-order valence-corrected chi connectivity index (χ4v) is 6.74. The van der Waals surface area contributed by atoms with Crippen LogP contribution >= 0.6 is 0 Å². The van der Waals surface area contributed by atoms with Crippen molar-refractivity contribution in [3.63, 3.8) is 0 Å². The SMILES string of the molecule is C=C[Si](OCCCCCCCCCCC)(c1ccccc1)c1ccccc1. The van der Waals surface area contributed by atoms with Gasteiger partial charge in [-0.1, -0.05) is 125 Å². The van der Waals surface area contributed by atoms with Crippen LogP contribution in [0, 0.1) is 0 Å². The van der Waals surface area contributed by atoms with Crippen molar-refractivity contribution in [2.75, 3.05) is 6.61 Å². The molecule has 0 aliphatic rings. The molecule has 146 valence electrons. The minimum Gasteiger partial charge on any atom is -0.405 e. The van der Waals surface area contributed by atoms with Gasteiger partial charge in [-0.05, 0) is 16.8 Å². The largest absolute Gasteiger partial charge is 0.405 e. The average Bonchev–Trinajstić information content (AvgIpc) is 2.74. The van der Waals surface area contributed by atoms with E-state index in [1.807, 2.05) is 0 Å². The number of hydrogen-bond acceptors (Lipinski definition) is 1. The van der Waals surface area contributed by atoms with Gasteiger partial charge in [-0.2, -0.15) is 0 Å². The van der Waals surface area contributed by atoms with E-state index in [2.05, 4.69) is 79.9 Å². The Bertz CT molecular complexity index is 584. The molecule has 2 heteroatoms. The van der Waals surface area contributed by atoms with Gasteiger partial charge in [-0.15, -0.1) is 6.58 Å². The first kappa shape index (κ1) is 21.7. The van der Waals surface area contributed by atoms with Crippen molar-refractivity contribution in [1.82, 2.24) is 0 Å². The van der Waals surface area contributed by atoms with Crippen LogP contribution in [0.2, 0.25) is 0 Å². The summed E-state index contributed by atoms with van der Waals surface area (Å²) in [5.74, 6) is 0. The summed E-state index contributed by atoms with van der Waals surface area (Å²) >= 11 is 0. The lowest BCUT2D eigenvalue weighted by Crippen LogP contribution is -2.59. The molecule has 2 aromatic rings. The molecule has 27 heavy (non-hydrogen) atoms. The Kier molecular flexibility index (Phi) is 10.2. The van der Waals surface area contributed by atoms with Crippen molar-refractivity contribution >= 4 is 18.7 Å². The Hall–Kier alpha value is -1.64. The van der Waals surface area contributed by atoms with E-state index in [0.29, 0.717) is 0 Å². The second kappa shape index (κ2) is 12.7. The Morgan fingerprint density at radius 2 is 1.15 bits per heavy atom. The third-order valence-electron chi connectivity index (χ3n) is 5.27. The van der Waals surface area contributed by atoms with E-state index in [9.17, 15) is 0 Å². The molecule has 0 fully saturated rings. The topological polar surface area (TPSA) is 9.23 Å². The van der Waals surface area contributed by atoms with E-state index in [-0.39, 0.29) is 0 Å². The molecule has 0 saturated carbocycles. The van der Waals surface area contributed by atoms with Crippen molar-refractivity contribution in [2.24, 2.45) is 0 Å². The van der Waals surface area contributed by atoms with Crippen LogP contribution < -0.4 is 10.4 Å². The predicted molar refractivity (Wildman–Crippen MR) is 121 cm³/mol. The molecule has 2 aromatic carbocycles. The number of unbranched alkanes of at least 4 members (excludes halogenated alkanes) is 8. The van der Waals surface area contributed by atoms with Crippen LogP contribution in [0.4, 0.5) is 0 Å². The highest BCUT2D eigenvalue weighted by molar-refractivity contribution is 7.01. The van der Waals surface area contributed by atoms with Crippen LogP contribution in [0.25, 0.3) is 0 Å². The highest BCUT2D eigenvalue weighted by Crippen LogP contribution is 2.13. The zero-order valence-electron chi connectivity index (χ0n) is 17.0. The van der Waals surface area contributed by atoms with Crippen LogP contribution in [-0.4, -0.2) is 14.9 Å². The first-order chi connectivity index (χ1) is 13.3. The number of benzene rings is 2. The summed E-state index contributed by atoms with van der Waals surface area (Å²) in [5.41, 5.74) is 2.09. The smallest absolute Gasteiger partial charge is 0.280 e. The molecule has 0 radical (unpaired) electrons. The van der Waals surface area contributed by atoms with Crippen LogP contribution in [0.5, 0.6) is 0 Å². The highest BCUT2D eigenvalue weighted by atomic mass is 28.4. The highest BCUT2D eigenvalue weighted by Gasteiger charge is 2.36. The summed E-state index contributed by atoms with van der Waals surface area (Å²) in [6.07, 6.45) is 12.0. The van der Waals surface area contributed by atoms with Crippen LogP contribution in [0.1, 0.15) is 64.7 Å². The first-order valence-electron chi connectivity index (χ1n) is 10.7. The van der Waals surface area contributed by atoms with Gasteiger partial charge in [0, 0.05) is 6.61 Å². The van der Waals surface area contributed by atoms with Gasteiger partial charge < -0.3 is 4.43 Å². The third-order valence-corrected chi connectivity index (χ3v) is 8.89. The van der Waals surface area contributed by atoms with Crippen molar-refractivity contribution in [3.8, 4) is 0 Å². The monoisotopic (exact) mass is 380 g/mol. The molecule has 0 unspecified atom stereocenters. The second-order valence-corrected chi connectivity index (χ2v) is 10.7. The normalized spacial score (nSPS) is 11.4. The van der Waals surface area contributed by atoms with E-state index < -0.39 is 8.32 Å². The van der Waals surface area contributed by atoms with Crippen LogP contribution in [-0.2, 0) is 4.43 Å². The zero-order valence-corrected chi connectivity index (χ0v) is 18.0. The molecule has 0 spiro atoms. The molecule has 0 amide bonds. The lowest BCUT2D eigenvalue weighted by atomic mass is 10.1. The molecule has 0 aliphatic heterocycles. The summed E-state index contributed by atoms with van der Waals surface area (Å²) in [7, 11) is -2.35. The van der Waals surface area contributed by atoms with Gasteiger partial charge in [-0.25, -0.2) is 0 Å². The van der Waals surface area contributed by atoms with Gasteiger partial charge in [0.2, 0.25) is 0 Å². The maximum absolute atomic E-state index is 6.63. The summed E-state index contributed by atoms with van der Waals surface area (Å²) in [4.78, 5) is 0. The Morgan fingerprint density at radius 1 is 0.704 bits per heavy atom. The minimum atomic E-state index is -2.35. The molecular weight excluding hydrogens is 344 g/mol. The van der Waals surface area contributed by atoms with Gasteiger partial charge in [0.1, 0.15) is 0 Å². The number of rotatable bonds is 14. The average molecular weight is 381 g/mol. The van der Waals surface area contributed by atoms with Crippen molar-refractivity contribution in [2.45, 2.75) is 64.7 Å². The molecule has 0 atom stereocenters.